The summed E-state index contributed by atoms with van der Waals surface area (Å²) in [5, 5.41) is 7.10. The van der Waals surface area contributed by atoms with E-state index in [2.05, 4.69) is 10.6 Å². The van der Waals surface area contributed by atoms with Crippen LogP contribution in [0.3, 0.4) is 0 Å². The molecule has 2 rings (SSSR count). The number of nitrogens with one attached hydrogen (secondary N) is 3. The Bertz CT molecular complexity index is 534. The van der Waals surface area contributed by atoms with Gasteiger partial charge in [0.15, 0.2) is 16.6 Å². The average molecular weight is 340 g/mol. The van der Waals surface area contributed by atoms with E-state index < -0.39 is 0 Å². The molecule has 7 heteroatoms. The van der Waals surface area contributed by atoms with Crippen LogP contribution in [0.15, 0.2) is 12.1 Å². The van der Waals surface area contributed by atoms with Gasteiger partial charge >= 0.3 is 0 Å². The summed E-state index contributed by atoms with van der Waals surface area (Å²) in [7, 11) is 3.25. The van der Waals surface area contributed by atoms with Crippen molar-refractivity contribution in [3.8, 4) is 11.5 Å². The average Bonchev–Trinajstić information content (AvgIpc) is 2.57. The first-order chi connectivity index (χ1) is 11.1. The van der Waals surface area contributed by atoms with Crippen LogP contribution in [0.5, 0.6) is 11.5 Å². The van der Waals surface area contributed by atoms with Gasteiger partial charge in [-0.25, -0.2) is 0 Å². The second-order valence-electron chi connectivity index (χ2n) is 5.52. The molecule has 0 aliphatic carbocycles. The minimum atomic E-state index is 0.618. The SMILES string of the molecule is COc1cc(C)c(NC(=S)NCC[NH+]2CCOCC2)cc1OC. The van der Waals surface area contributed by atoms with E-state index in [4.69, 9.17) is 26.4 Å². The summed E-state index contributed by atoms with van der Waals surface area (Å²) in [4.78, 5) is 1.55. The van der Waals surface area contributed by atoms with Crippen LogP contribution in [0.25, 0.3) is 0 Å². The summed E-state index contributed by atoms with van der Waals surface area (Å²) in [6.45, 7) is 7.72. The van der Waals surface area contributed by atoms with Crippen LogP contribution < -0.4 is 25.0 Å². The van der Waals surface area contributed by atoms with Gasteiger partial charge in [0.2, 0.25) is 0 Å². The Morgan fingerprint density at radius 1 is 1.22 bits per heavy atom. The molecule has 0 unspecified atom stereocenters. The first kappa shape index (κ1) is 17.8. The maximum atomic E-state index is 5.38. The second kappa shape index (κ2) is 8.90. The fraction of sp³-hybridized carbons (Fsp3) is 0.562. The summed E-state index contributed by atoms with van der Waals surface area (Å²) in [5.74, 6) is 1.39. The molecule has 1 saturated heterocycles. The highest BCUT2D eigenvalue weighted by atomic mass is 32.1. The van der Waals surface area contributed by atoms with E-state index in [-0.39, 0.29) is 0 Å². The lowest BCUT2D eigenvalue weighted by Crippen LogP contribution is -3.14. The van der Waals surface area contributed by atoms with Gasteiger partial charge in [0.05, 0.1) is 40.5 Å². The molecule has 0 saturated carbocycles. The van der Waals surface area contributed by atoms with Crippen molar-refractivity contribution in [2.45, 2.75) is 6.92 Å². The molecule has 1 heterocycles. The fourth-order valence-electron chi connectivity index (χ4n) is 2.54. The maximum absolute atomic E-state index is 5.38. The van der Waals surface area contributed by atoms with Gasteiger partial charge in [-0.2, -0.15) is 0 Å². The van der Waals surface area contributed by atoms with Crippen molar-refractivity contribution in [1.29, 1.82) is 0 Å². The van der Waals surface area contributed by atoms with Gasteiger partial charge in [-0.15, -0.1) is 0 Å². The summed E-state index contributed by atoms with van der Waals surface area (Å²) in [6.07, 6.45) is 0. The molecule has 1 aromatic carbocycles. The lowest BCUT2D eigenvalue weighted by atomic mass is 10.1. The zero-order valence-corrected chi connectivity index (χ0v) is 14.8. The standard InChI is InChI=1S/C16H25N3O3S/c1-12-10-14(20-2)15(21-3)11-13(12)18-16(23)17-4-5-19-6-8-22-9-7-19/h10-11H,4-9H2,1-3H3,(H2,17,18,23)/p+1. The quantitative estimate of drug-likeness (QED) is 0.644. The Morgan fingerprint density at radius 3 is 2.52 bits per heavy atom. The van der Waals surface area contributed by atoms with E-state index in [1.54, 1.807) is 19.1 Å². The fourth-order valence-corrected chi connectivity index (χ4v) is 2.76. The lowest BCUT2D eigenvalue weighted by Gasteiger charge is -2.24. The summed E-state index contributed by atoms with van der Waals surface area (Å²) in [5.41, 5.74) is 1.96. The Morgan fingerprint density at radius 2 is 1.87 bits per heavy atom. The number of ether oxygens (including phenoxy) is 3. The van der Waals surface area contributed by atoms with Gasteiger partial charge < -0.3 is 29.7 Å². The van der Waals surface area contributed by atoms with Crippen LogP contribution in [0.2, 0.25) is 0 Å². The molecular weight excluding hydrogens is 314 g/mol. The molecule has 6 nitrogen and oxygen atoms in total. The highest BCUT2D eigenvalue weighted by Crippen LogP contribution is 2.32. The number of thiocarbonyl (C=S) groups is 1. The first-order valence-electron chi connectivity index (χ1n) is 7.83. The minimum Gasteiger partial charge on any atom is -0.493 e. The topological polar surface area (TPSA) is 56.2 Å². The monoisotopic (exact) mass is 340 g/mol. The molecule has 0 aromatic heterocycles. The predicted octanol–water partition coefficient (Wildman–Crippen LogP) is 0.214. The number of quaternary nitrogens is 1. The summed E-state index contributed by atoms with van der Waals surface area (Å²) in [6, 6.07) is 3.83. The van der Waals surface area contributed by atoms with Crippen LogP contribution in [0, 0.1) is 6.92 Å². The molecule has 0 radical (unpaired) electrons. The van der Waals surface area contributed by atoms with Gasteiger partial charge in [-0.3, -0.25) is 0 Å². The van der Waals surface area contributed by atoms with Crippen molar-refractivity contribution in [3.63, 3.8) is 0 Å². The molecule has 1 aromatic rings. The van der Waals surface area contributed by atoms with Crippen LogP contribution in [-0.2, 0) is 4.74 Å². The van der Waals surface area contributed by atoms with Gasteiger partial charge in [-0.1, -0.05) is 0 Å². The lowest BCUT2D eigenvalue weighted by molar-refractivity contribution is -0.906. The molecule has 1 aliphatic heterocycles. The third-order valence-corrected chi connectivity index (χ3v) is 4.19. The van der Waals surface area contributed by atoms with E-state index in [1.807, 2.05) is 19.1 Å². The number of hydrogen-bond acceptors (Lipinski definition) is 4. The number of methoxy groups -OCH3 is 2. The molecule has 1 aliphatic rings. The molecular formula is C16H26N3O3S+. The van der Waals surface area contributed by atoms with Crippen LogP contribution in [0.1, 0.15) is 5.56 Å². The van der Waals surface area contributed by atoms with E-state index in [9.17, 15) is 0 Å². The number of benzene rings is 1. The Labute approximate surface area is 143 Å². The van der Waals surface area contributed by atoms with Crippen LogP contribution in [0.4, 0.5) is 5.69 Å². The minimum absolute atomic E-state index is 0.618. The van der Waals surface area contributed by atoms with Crippen molar-refractivity contribution >= 4 is 23.0 Å². The second-order valence-corrected chi connectivity index (χ2v) is 5.92. The van der Waals surface area contributed by atoms with Crippen LogP contribution in [-0.4, -0.2) is 58.7 Å². The van der Waals surface area contributed by atoms with Crippen molar-refractivity contribution in [3.05, 3.63) is 17.7 Å². The zero-order chi connectivity index (χ0) is 16.7. The smallest absolute Gasteiger partial charge is 0.170 e. The van der Waals surface area contributed by atoms with E-state index in [0.29, 0.717) is 16.6 Å². The third-order valence-electron chi connectivity index (χ3n) is 3.94. The molecule has 3 N–H and O–H groups in total. The van der Waals surface area contributed by atoms with Gasteiger partial charge in [0.25, 0.3) is 0 Å². The molecule has 0 atom stereocenters. The van der Waals surface area contributed by atoms with Gasteiger partial charge in [0, 0.05) is 11.8 Å². The summed E-state index contributed by atoms with van der Waals surface area (Å²) >= 11 is 5.38. The molecule has 0 spiro atoms. The predicted molar refractivity (Wildman–Crippen MR) is 94.9 cm³/mol. The van der Waals surface area contributed by atoms with Crippen molar-refractivity contribution < 1.29 is 19.1 Å². The molecule has 0 amide bonds. The number of morpholine rings is 1. The summed E-state index contributed by atoms with van der Waals surface area (Å²) < 4.78 is 16.0. The zero-order valence-electron chi connectivity index (χ0n) is 14.0. The normalized spacial score (nSPS) is 15.1. The van der Waals surface area contributed by atoms with E-state index >= 15 is 0 Å². The largest absolute Gasteiger partial charge is 0.493 e. The van der Waals surface area contributed by atoms with Gasteiger partial charge in [0.1, 0.15) is 13.1 Å². The Balaban J connectivity index is 1.84. The van der Waals surface area contributed by atoms with Crippen molar-refractivity contribution in [1.82, 2.24) is 5.32 Å². The molecule has 23 heavy (non-hydrogen) atoms. The number of anilines is 1. The molecule has 128 valence electrons. The number of aryl methyl sites for hydroxylation is 1. The van der Waals surface area contributed by atoms with E-state index in [0.717, 1.165) is 50.6 Å². The molecule has 0 bridgehead atoms. The van der Waals surface area contributed by atoms with Crippen molar-refractivity contribution in [2.75, 3.05) is 58.9 Å². The number of rotatable bonds is 6. The Kier molecular flexibility index (Phi) is 6.88. The van der Waals surface area contributed by atoms with Gasteiger partial charge in [-0.05, 0) is 30.8 Å². The Hall–Kier alpha value is -1.57. The number of hydrogen-bond donors (Lipinski definition) is 3. The van der Waals surface area contributed by atoms with E-state index in [1.165, 1.54) is 0 Å². The first-order valence-corrected chi connectivity index (χ1v) is 8.23. The van der Waals surface area contributed by atoms with Crippen molar-refractivity contribution in [2.24, 2.45) is 0 Å². The highest BCUT2D eigenvalue weighted by molar-refractivity contribution is 7.80. The molecule has 1 fully saturated rings. The maximum Gasteiger partial charge on any atom is 0.170 e. The highest BCUT2D eigenvalue weighted by Gasteiger charge is 2.13. The third kappa shape index (κ3) is 5.23. The van der Waals surface area contributed by atoms with Crippen LogP contribution >= 0.6 is 12.2 Å².